The van der Waals surface area contributed by atoms with Crippen molar-refractivity contribution in [2.24, 2.45) is 0 Å². The fraction of sp³-hybridized carbons (Fsp3) is 0.758. The highest BCUT2D eigenvalue weighted by molar-refractivity contribution is 7.99. The van der Waals surface area contributed by atoms with Crippen LogP contribution in [0.2, 0.25) is 0 Å². The summed E-state index contributed by atoms with van der Waals surface area (Å²) in [6.45, 7) is 17.6. The summed E-state index contributed by atoms with van der Waals surface area (Å²) in [7, 11) is 0. The number of nitrogens with two attached hydrogens (primary N) is 1. The molecule has 2 aromatic heterocycles. The zero-order valence-corrected chi connectivity index (χ0v) is 55.2. The van der Waals surface area contributed by atoms with Crippen LogP contribution >= 0.6 is 11.8 Å². The maximum absolute atomic E-state index is 14.4. The van der Waals surface area contributed by atoms with E-state index >= 15 is 0 Å². The van der Waals surface area contributed by atoms with Crippen LogP contribution in [0.15, 0.2) is 29.1 Å². The molecule has 0 spiro atoms. The number of aromatic nitrogens is 4. The Morgan fingerprint density at radius 2 is 1.12 bits per heavy atom. The van der Waals surface area contributed by atoms with Crippen LogP contribution in [0, 0.1) is 0 Å². The number of nitrogen functional groups attached to an aromatic ring is 1. The summed E-state index contributed by atoms with van der Waals surface area (Å²) < 4.78 is 24.8. The third kappa shape index (κ3) is 34.2. The number of nitrogens with zero attached hydrogens (tertiary/aromatic N) is 3. The first-order chi connectivity index (χ1) is 41.2. The van der Waals surface area contributed by atoms with E-state index in [9.17, 15) is 28.8 Å². The predicted octanol–water partition coefficient (Wildman–Crippen LogP) is 14.2. The molecule has 1 unspecified atom stereocenters. The van der Waals surface area contributed by atoms with Crippen molar-refractivity contribution < 1.29 is 42.9 Å². The van der Waals surface area contributed by atoms with Gasteiger partial charge in [-0.25, -0.2) is 9.59 Å². The number of nitrogens with one attached hydrogen (secondary N) is 5. The van der Waals surface area contributed by atoms with Gasteiger partial charge >= 0.3 is 23.7 Å². The molecule has 3 aromatic rings. The molecule has 0 aliphatic carbocycles. The molecule has 3 atom stereocenters. The van der Waals surface area contributed by atoms with Gasteiger partial charge in [0.2, 0.25) is 17.8 Å². The number of benzene rings is 1. The summed E-state index contributed by atoms with van der Waals surface area (Å²) in [6.07, 6.45) is 31.7. The topological polar surface area (TPSA) is 260 Å². The predicted molar refractivity (Wildman–Crippen MR) is 350 cm³/mol. The van der Waals surface area contributed by atoms with Gasteiger partial charge in [0.15, 0.2) is 11.5 Å². The summed E-state index contributed by atoms with van der Waals surface area (Å²) in [5, 5.41) is 11.5. The van der Waals surface area contributed by atoms with Crippen molar-refractivity contribution in [3.05, 3.63) is 40.3 Å². The minimum atomic E-state index is -1.23. The number of alkyl carbamates (subject to hydrolysis) is 1. The molecule has 0 bridgehead atoms. The Kier molecular flexibility index (Phi) is 37.7. The number of hydrogen-bond donors (Lipinski definition) is 6. The number of carbonyl (C=O) groups excluding carboxylic acids is 5. The van der Waals surface area contributed by atoms with Crippen molar-refractivity contribution in [1.29, 1.82) is 0 Å². The number of hydrogen-bond acceptors (Lipinski definition) is 15. The van der Waals surface area contributed by atoms with Crippen LogP contribution in [-0.4, -0.2) is 110 Å². The molecule has 488 valence electrons. The quantitative estimate of drug-likeness (QED) is 0.0174. The Hall–Kier alpha value is -5.37. The average Bonchev–Trinajstić information content (AvgIpc) is 1.88. The lowest BCUT2D eigenvalue weighted by atomic mass is 10.0. The Bertz CT molecular complexity index is 2440. The maximum atomic E-state index is 14.4. The van der Waals surface area contributed by atoms with Gasteiger partial charge in [-0.1, -0.05) is 193 Å². The molecular weight excluding hydrogens is 1110 g/mol. The van der Waals surface area contributed by atoms with E-state index in [4.69, 9.17) is 24.7 Å². The van der Waals surface area contributed by atoms with Crippen LogP contribution in [0.3, 0.4) is 0 Å². The Morgan fingerprint density at radius 3 is 1.63 bits per heavy atom. The highest BCUT2D eigenvalue weighted by Gasteiger charge is 2.31. The molecule has 1 aromatic carbocycles. The Morgan fingerprint density at radius 1 is 0.605 bits per heavy atom. The van der Waals surface area contributed by atoms with Gasteiger partial charge in [-0.3, -0.25) is 23.7 Å². The van der Waals surface area contributed by atoms with Gasteiger partial charge < -0.3 is 50.9 Å². The summed E-state index contributed by atoms with van der Waals surface area (Å²) in [6, 6.07) is 4.43. The summed E-state index contributed by atoms with van der Waals surface area (Å²) in [5.41, 5.74) is 6.04. The van der Waals surface area contributed by atoms with E-state index in [0.29, 0.717) is 35.8 Å². The number of H-pyrrole nitrogens is 1. The molecule has 19 nitrogen and oxygen atoms in total. The molecule has 0 radical (unpaired) electrons. The number of carbonyl (C=O) groups is 5. The van der Waals surface area contributed by atoms with Crippen LogP contribution in [0.25, 0.3) is 11.2 Å². The van der Waals surface area contributed by atoms with Gasteiger partial charge in [0.1, 0.15) is 35.9 Å². The first-order valence-electron chi connectivity index (χ1n) is 33.0. The van der Waals surface area contributed by atoms with E-state index in [1.54, 1.807) is 45.0 Å². The molecule has 86 heavy (non-hydrogen) atoms. The van der Waals surface area contributed by atoms with Gasteiger partial charge in [0, 0.05) is 36.6 Å². The molecular formula is C66H113N9O10S. The number of esters is 2. The van der Waals surface area contributed by atoms with E-state index in [1.165, 1.54) is 132 Å². The number of ether oxygens (including phenoxy) is 4. The lowest BCUT2D eigenvalue weighted by molar-refractivity contribution is -0.157. The summed E-state index contributed by atoms with van der Waals surface area (Å²) in [5.74, 6) is -1.41. The van der Waals surface area contributed by atoms with Crippen LogP contribution < -0.4 is 32.7 Å². The molecule has 0 saturated heterocycles. The van der Waals surface area contributed by atoms with Crippen molar-refractivity contribution in [1.82, 2.24) is 30.2 Å². The van der Waals surface area contributed by atoms with E-state index in [2.05, 4.69) is 57.0 Å². The SMILES string of the molecule is CCCCCCCCCCCCCCCC(=O)OCC(CSC[C@H](NC(=O)OC(C)(C)C)C(=O)N[C@@H](COC(C)(C)C)C(=O)Nc1ccc(Cn2c(=O)[nH]c3c(N)nc(NCCCC)nc32)cc1)OC(=O)CCCCCCCCCCCCCCC. The normalized spacial score (nSPS) is 12.8. The Labute approximate surface area is 519 Å². The standard InChI is InChI=1S/C66H113N9O10S/c1-10-13-16-18-20-22-24-26-28-30-32-34-36-38-55(76)82-46-52(84-56(77)39-37-35-33-31-29-27-25-23-21-19-17-14-11-2)48-86-49-54(71-64(81)85-66(7,8)9)61(79)70-53(47-83-65(4,5)6)60(78)69-51-42-40-50(41-43-51)45-75-59-57(72-63(75)80)58(67)73-62(74-59)68-44-15-12-3/h40-43,52-54H,10-39,44-49H2,1-9H3,(H,69,78)(H,70,79)(H,71,81)(H,72,80)(H3,67,68,73,74)/t52?,53-,54-/m0/s1. The van der Waals surface area contributed by atoms with E-state index in [0.717, 1.165) is 63.4 Å². The van der Waals surface area contributed by atoms with Gasteiger partial charge in [-0.2, -0.15) is 21.7 Å². The van der Waals surface area contributed by atoms with E-state index in [1.807, 2.05) is 20.8 Å². The third-order valence-corrected chi connectivity index (χ3v) is 15.8. The number of rotatable bonds is 48. The molecule has 3 rings (SSSR count). The van der Waals surface area contributed by atoms with Crippen molar-refractivity contribution in [2.75, 3.05) is 47.6 Å². The number of imidazole rings is 1. The second kappa shape index (κ2) is 43.3. The number of thioether (sulfide) groups is 1. The molecule has 3 amide bonds. The van der Waals surface area contributed by atoms with Gasteiger partial charge in [0.05, 0.1) is 18.8 Å². The molecule has 20 heteroatoms. The Balaban J connectivity index is 1.68. The van der Waals surface area contributed by atoms with Crippen molar-refractivity contribution in [2.45, 2.75) is 291 Å². The second-order valence-electron chi connectivity index (χ2n) is 25.1. The highest BCUT2D eigenvalue weighted by Crippen LogP contribution is 2.21. The molecule has 7 N–H and O–H groups in total. The number of aromatic amines is 1. The van der Waals surface area contributed by atoms with Crippen LogP contribution in [0.1, 0.15) is 261 Å². The van der Waals surface area contributed by atoms with Gasteiger partial charge in [0.25, 0.3) is 0 Å². The van der Waals surface area contributed by atoms with Gasteiger partial charge in [-0.05, 0) is 78.5 Å². The first-order valence-corrected chi connectivity index (χ1v) is 34.1. The summed E-state index contributed by atoms with van der Waals surface area (Å²) >= 11 is 1.23. The molecule has 0 aliphatic heterocycles. The fourth-order valence-corrected chi connectivity index (χ4v) is 10.7. The number of anilines is 3. The minimum Gasteiger partial charge on any atom is -0.462 e. The molecule has 2 heterocycles. The zero-order chi connectivity index (χ0) is 63.0. The number of amides is 3. The maximum Gasteiger partial charge on any atom is 0.408 e. The van der Waals surface area contributed by atoms with Crippen molar-refractivity contribution >= 4 is 70.2 Å². The summed E-state index contributed by atoms with van der Waals surface area (Å²) in [4.78, 5) is 92.9. The average molecular weight is 1220 g/mol. The monoisotopic (exact) mass is 1220 g/mol. The highest BCUT2D eigenvalue weighted by atomic mass is 32.2. The second-order valence-corrected chi connectivity index (χ2v) is 26.2. The molecule has 0 aliphatic rings. The minimum absolute atomic E-state index is 0.0182. The number of fused-ring (bicyclic) bond motifs is 1. The molecule has 0 saturated carbocycles. The first kappa shape index (κ1) is 74.9. The largest absolute Gasteiger partial charge is 0.462 e. The molecule has 0 fully saturated rings. The van der Waals surface area contributed by atoms with Crippen molar-refractivity contribution in [3.8, 4) is 0 Å². The fourth-order valence-electron chi connectivity index (χ4n) is 9.69. The van der Waals surface area contributed by atoms with Crippen LogP contribution in [0.5, 0.6) is 0 Å². The lowest BCUT2D eigenvalue weighted by Crippen LogP contribution is -2.56. The number of unbranched alkanes of at least 4 members (excludes halogenated alkanes) is 25. The lowest BCUT2D eigenvalue weighted by Gasteiger charge is -2.27. The smallest absolute Gasteiger partial charge is 0.408 e. The van der Waals surface area contributed by atoms with E-state index in [-0.39, 0.29) is 61.9 Å². The zero-order valence-electron chi connectivity index (χ0n) is 54.4. The van der Waals surface area contributed by atoms with Crippen molar-refractivity contribution in [3.63, 3.8) is 0 Å². The van der Waals surface area contributed by atoms with Gasteiger partial charge in [-0.15, -0.1) is 0 Å². The van der Waals surface area contributed by atoms with E-state index < -0.39 is 53.0 Å². The van der Waals surface area contributed by atoms with Crippen LogP contribution in [0.4, 0.5) is 22.2 Å². The third-order valence-electron chi connectivity index (χ3n) is 14.6. The van der Waals surface area contributed by atoms with Crippen LogP contribution in [-0.2, 0) is 44.7 Å².